The first-order chi connectivity index (χ1) is 11.1. The number of hydrogen-bond acceptors (Lipinski definition) is 7. The van der Waals surface area contributed by atoms with Crippen LogP contribution in [0.4, 0.5) is 5.13 Å². The Labute approximate surface area is 134 Å². The number of nitrogens with zero attached hydrogens (tertiary/aromatic N) is 2. The first-order valence-electron chi connectivity index (χ1n) is 7.11. The summed E-state index contributed by atoms with van der Waals surface area (Å²) in [6, 6.07) is 2.55. The minimum Gasteiger partial charge on any atom is -0.465 e. The number of carbonyl (C=O) groups is 2. The van der Waals surface area contributed by atoms with Gasteiger partial charge in [0.05, 0.1) is 12.3 Å². The number of rotatable bonds is 4. The summed E-state index contributed by atoms with van der Waals surface area (Å²) in [6.07, 6.45) is 1.42. The van der Waals surface area contributed by atoms with Gasteiger partial charge in [-0.15, -0.1) is 11.3 Å². The highest BCUT2D eigenvalue weighted by molar-refractivity contribution is 7.16. The molecule has 2 aromatic rings. The van der Waals surface area contributed by atoms with Gasteiger partial charge < -0.3 is 4.74 Å². The molecule has 1 aliphatic rings. The number of carbonyl (C=O) groups excluding carboxylic acids is 2. The predicted molar refractivity (Wildman–Crippen MR) is 82.6 cm³/mol. The van der Waals surface area contributed by atoms with Crippen molar-refractivity contribution in [2.75, 3.05) is 11.9 Å². The molecule has 1 atom stereocenters. The van der Waals surface area contributed by atoms with E-state index in [0.717, 1.165) is 11.3 Å². The summed E-state index contributed by atoms with van der Waals surface area (Å²) in [4.78, 5) is 40.2. The lowest BCUT2D eigenvalue weighted by Crippen LogP contribution is -2.18. The highest BCUT2D eigenvalue weighted by Crippen LogP contribution is 2.38. The van der Waals surface area contributed by atoms with Gasteiger partial charge in [-0.3, -0.25) is 19.7 Å². The maximum atomic E-state index is 12.0. The third kappa shape index (κ3) is 3.14. The molecule has 0 spiro atoms. The van der Waals surface area contributed by atoms with Gasteiger partial charge in [0.2, 0.25) is 0 Å². The Bertz CT molecular complexity index is 793. The van der Waals surface area contributed by atoms with Crippen molar-refractivity contribution in [2.45, 2.75) is 25.7 Å². The molecule has 0 bridgehead atoms. The summed E-state index contributed by atoms with van der Waals surface area (Å²) in [5.41, 5.74) is 0.382. The van der Waals surface area contributed by atoms with Crippen molar-refractivity contribution in [1.29, 1.82) is 0 Å². The molecular formula is C14H14N4O4S. The molecule has 0 saturated heterocycles. The molecule has 1 aliphatic carbocycles. The quantitative estimate of drug-likeness (QED) is 0.809. The Kier molecular flexibility index (Phi) is 4.20. The molecule has 1 unspecified atom stereocenters. The van der Waals surface area contributed by atoms with E-state index in [-0.39, 0.29) is 23.1 Å². The lowest BCUT2D eigenvalue weighted by atomic mass is 10.1. The molecule has 1 amide bonds. The van der Waals surface area contributed by atoms with E-state index < -0.39 is 5.91 Å². The first kappa shape index (κ1) is 15.3. The molecule has 2 heterocycles. The highest BCUT2D eigenvalue weighted by Gasteiger charge is 2.33. The summed E-state index contributed by atoms with van der Waals surface area (Å²) in [5, 5.41) is 8.89. The number of ether oxygens (including phenoxy) is 1. The summed E-state index contributed by atoms with van der Waals surface area (Å²) >= 11 is 1.34. The maximum Gasteiger partial charge on any atom is 0.315 e. The fourth-order valence-corrected chi connectivity index (χ4v) is 3.42. The molecule has 2 aromatic heterocycles. The van der Waals surface area contributed by atoms with Crippen LogP contribution in [0.3, 0.4) is 0 Å². The molecule has 3 rings (SSSR count). The topological polar surface area (TPSA) is 114 Å². The summed E-state index contributed by atoms with van der Waals surface area (Å²) in [6.45, 7) is 2.09. The molecule has 9 heteroatoms. The van der Waals surface area contributed by atoms with Crippen LogP contribution in [-0.2, 0) is 16.0 Å². The molecule has 0 saturated carbocycles. The van der Waals surface area contributed by atoms with Gasteiger partial charge in [0.25, 0.3) is 11.5 Å². The normalized spacial score (nSPS) is 16.0. The third-order valence-electron chi connectivity index (χ3n) is 3.42. The van der Waals surface area contributed by atoms with Crippen molar-refractivity contribution in [3.8, 4) is 0 Å². The number of amides is 1. The largest absolute Gasteiger partial charge is 0.465 e. The minimum absolute atomic E-state index is 0.0851. The number of aromatic nitrogens is 3. The van der Waals surface area contributed by atoms with Crippen LogP contribution in [-0.4, -0.2) is 33.7 Å². The van der Waals surface area contributed by atoms with E-state index in [1.165, 1.54) is 23.5 Å². The second-order valence-electron chi connectivity index (χ2n) is 4.93. The standard InChI is InChI=1S/C14H14N4O4S/c1-2-22-13(21)7-3-5-9-11(7)15-14(23-9)16-12(20)8-4-6-10(19)18-17-8/h4,6-7H,2-3,5H2,1H3,(H,18,19)(H,15,16,20). The van der Waals surface area contributed by atoms with Crippen LogP contribution in [0, 0.1) is 0 Å². The number of esters is 1. The van der Waals surface area contributed by atoms with Crippen LogP contribution in [0.5, 0.6) is 0 Å². The van der Waals surface area contributed by atoms with Gasteiger partial charge in [-0.25, -0.2) is 10.1 Å². The van der Waals surface area contributed by atoms with Gasteiger partial charge in [-0.1, -0.05) is 0 Å². The molecule has 2 N–H and O–H groups in total. The predicted octanol–water partition coefficient (Wildman–Crippen LogP) is 1.07. The van der Waals surface area contributed by atoms with Crippen LogP contribution >= 0.6 is 11.3 Å². The Morgan fingerprint density at radius 3 is 3.00 bits per heavy atom. The Balaban J connectivity index is 1.75. The highest BCUT2D eigenvalue weighted by atomic mass is 32.1. The average molecular weight is 334 g/mol. The number of aryl methyl sites for hydroxylation is 1. The first-order valence-corrected chi connectivity index (χ1v) is 7.93. The van der Waals surface area contributed by atoms with Crippen molar-refractivity contribution in [2.24, 2.45) is 0 Å². The smallest absolute Gasteiger partial charge is 0.315 e. The van der Waals surface area contributed by atoms with Crippen molar-refractivity contribution in [3.05, 3.63) is 38.8 Å². The SMILES string of the molecule is CCOC(=O)C1CCc2sc(NC(=O)c3ccc(=O)[nH]n3)nc21. The second kappa shape index (κ2) is 6.29. The Morgan fingerprint density at radius 2 is 2.30 bits per heavy atom. The van der Waals surface area contributed by atoms with Gasteiger partial charge >= 0.3 is 5.97 Å². The van der Waals surface area contributed by atoms with E-state index in [1.54, 1.807) is 6.92 Å². The molecule has 0 aromatic carbocycles. The minimum atomic E-state index is -0.471. The van der Waals surface area contributed by atoms with E-state index >= 15 is 0 Å². The van der Waals surface area contributed by atoms with E-state index in [2.05, 4.69) is 20.5 Å². The fourth-order valence-electron chi connectivity index (χ4n) is 2.38. The van der Waals surface area contributed by atoms with Crippen molar-refractivity contribution >= 4 is 28.3 Å². The van der Waals surface area contributed by atoms with Crippen LogP contribution in [0.15, 0.2) is 16.9 Å². The summed E-state index contributed by atoms with van der Waals surface area (Å²) in [7, 11) is 0. The second-order valence-corrected chi connectivity index (χ2v) is 6.01. The summed E-state index contributed by atoms with van der Waals surface area (Å²) in [5.74, 6) is -1.11. The lowest BCUT2D eigenvalue weighted by molar-refractivity contribution is -0.145. The van der Waals surface area contributed by atoms with Gasteiger partial charge in [-0.05, 0) is 25.8 Å². The molecule has 0 radical (unpaired) electrons. The number of fused-ring (bicyclic) bond motifs is 1. The summed E-state index contributed by atoms with van der Waals surface area (Å²) < 4.78 is 5.05. The van der Waals surface area contributed by atoms with E-state index in [0.29, 0.717) is 23.9 Å². The van der Waals surface area contributed by atoms with Crippen LogP contribution < -0.4 is 10.9 Å². The number of hydrogen-bond donors (Lipinski definition) is 2. The van der Waals surface area contributed by atoms with E-state index in [1.807, 2.05) is 0 Å². The average Bonchev–Trinajstić information content (AvgIpc) is 3.07. The number of thiazole rings is 1. The maximum absolute atomic E-state index is 12.0. The van der Waals surface area contributed by atoms with Crippen LogP contribution in [0.1, 0.15) is 40.3 Å². The Hall–Kier alpha value is -2.55. The van der Waals surface area contributed by atoms with Gasteiger partial charge in [-0.2, -0.15) is 5.10 Å². The van der Waals surface area contributed by atoms with Crippen LogP contribution in [0.2, 0.25) is 0 Å². The van der Waals surface area contributed by atoms with Crippen molar-refractivity contribution < 1.29 is 14.3 Å². The lowest BCUT2D eigenvalue weighted by Gasteiger charge is -2.07. The zero-order valence-corrected chi connectivity index (χ0v) is 13.1. The van der Waals surface area contributed by atoms with Gasteiger partial charge in [0.15, 0.2) is 5.13 Å². The van der Waals surface area contributed by atoms with Crippen molar-refractivity contribution in [3.63, 3.8) is 0 Å². The van der Waals surface area contributed by atoms with E-state index in [9.17, 15) is 14.4 Å². The number of nitrogens with one attached hydrogen (secondary N) is 2. The zero-order valence-electron chi connectivity index (χ0n) is 12.3. The number of anilines is 1. The monoisotopic (exact) mass is 334 g/mol. The Morgan fingerprint density at radius 1 is 1.48 bits per heavy atom. The van der Waals surface area contributed by atoms with Crippen molar-refractivity contribution in [1.82, 2.24) is 15.2 Å². The fraction of sp³-hybridized carbons (Fsp3) is 0.357. The third-order valence-corrected chi connectivity index (χ3v) is 4.47. The van der Waals surface area contributed by atoms with Gasteiger partial charge in [0, 0.05) is 10.9 Å². The molecule has 0 fully saturated rings. The number of aromatic amines is 1. The van der Waals surface area contributed by atoms with E-state index in [4.69, 9.17) is 4.74 Å². The molecule has 8 nitrogen and oxygen atoms in total. The van der Waals surface area contributed by atoms with Crippen LogP contribution in [0.25, 0.3) is 0 Å². The molecule has 0 aliphatic heterocycles. The molecular weight excluding hydrogens is 320 g/mol. The molecule has 23 heavy (non-hydrogen) atoms. The number of H-pyrrole nitrogens is 1. The molecule has 120 valence electrons. The zero-order chi connectivity index (χ0) is 16.4. The van der Waals surface area contributed by atoms with Gasteiger partial charge in [0.1, 0.15) is 11.6 Å².